The Hall–Kier alpha value is -1.29. The van der Waals surface area contributed by atoms with Crippen LogP contribution in [0.15, 0.2) is 59.5 Å². The summed E-state index contributed by atoms with van der Waals surface area (Å²) in [5, 5.41) is 0.649. The highest BCUT2D eigenvalue weighted by Gasteiger charge is 2.34. The minimum atomic E-state index is -3.44. The molecule has 0 aliphatic carbocycles. The number of hydrogen-bond acceptors (Lipinski definition) is 4. The number of sulfonamides is 1. The molecule has 0 amide bonds. The summed E-state index contributed by atoms with van der Waals surface area (Å²) in [6.07, 6.45) is 5.25. The van der Waals surface area contributed by atoms with E-state index in [-0.39, 0.29) is 30.9 Å². The van der Waals surface area contributed by atoms with E-state index in [4.69, 9.17) is 11.6 Å². The third-order valence-electron chi connectivity index (χ3n) is 5.30. The maximum absolute atomic E-state index is 12.8. The van der Waals surface area contributed by atoms with Crippen LogP contribution in [0, 0.1) is 0 Å². The average Bonchev–Trinajstić information content (AvgIpc) is 3.13. The van der Waals surface area contributed by atoms with Gasteiger partial charge >= 0.3 is 0 Å². The van der Waals surface area contributed by atoms with Gasteiger partial charge in [-0.15, -0.1) is 24.8 Å². The van der Waals surface area contributed by atoms with Gasteiger partial charge in [-0.05, 0) is 41.8 Å². The lowest BCUT2D eigenvalue weighted by molar-refractivity contribution is 0.320. The molecule has 1 aliphatic heterocycles. The molecule has 2 heterocycles. The fraction of sp³-hybridized carbons (Fsp3) is 0.286. The number of halogens is 4. The first-order valence-electron chi connectivity index (χ1n) is 9.52. The topological polar surface area (TPSA) is 69.3 Å². The largest absolute Gasteiger partial charge is 0.364 e. The lowest BCUT2D eigenvalue weighted by Gasteiger charge is -2.31. The molecule has 0 spiro atoms. The molecule has 0 saturated heterocycles. The number of hydrogen-bond donors (Lipinski definition) is 1. The van der Waals surface area contributed by atoms with Crippen molar-refractivity contribution >= 4 is 68.1 Å². The minimum absolute atomic E-state index is 0. The van der Waals surface area contributed by atoms with Gasteiger partial charge in [0.25, 0.3) is 0 Å². The van der Waals surface area contributed by atoms with E-state index in [2.05, 4.69) is 30.8 Å². The first kappa shape index (κ1) is 27.0. The normalized spacial score (nSPS) is 16.5. The van der Waals surface area contributed by atoms with Crippen molar-refractivity contribution in [1.82, 2.24) is 14.3 Å². The molecule has 1 atom stereocenters. The molecule has 0 bridgehead atoms. The summed E-state index contributed by atoms with van der Waals surface area (Å²) >= 11 is 9.93. The number of imidazole rings is 1. The van der Waals surface area contributed by atoms with Gasteiger partial charge in [0.1, 0.15) is 0 Å². The molecule has 11 heteroatoms. The van der Waals surface area contributed by atoms with E-state index in [1.54, 1.807) is 16.8 Å². The Kier molecular flexibility index (Phi) is 9.46. The summed E-state index contributed by atoms with van der Waals surface area (Å²) in [4.78, 5) is 9.48. The third kappa shape index (κ3) is 6.18. The second-order valence-electron chi connectivity index (χ2n) is 7.49. The zero-order valence-corrected chi connectivity index (χ0v) is 22.0. The average molecular weight is 583 g/mol. The SMILES string of the molecule is CS(=O)(=O)N1Cc2cc(Br)ccc2N(Cc2cnc[nH]2)CC1Cc1ccccc1Cl.Cl.Cl. The number of rotatable bonds is 5. The van der Waals surface area contributed by atoms with Crippen LogP contribution in [0.25, 0.3) is 0 Å². The first-order chi connectivity index (χ1) is 14.3. The van der Waals surface area contributed by atoms with Crippen LogP contribution in [0.1, 0.15) is 16.8 Å². The molecule has 0 saturated carbocycles. The first-order valence-corrected chi connectivity index (χ1v) is 12.5. The smallest absolute Gasteiger partial charge is 0.211 e. The van der Waals surface area contributed by atoms with Crippen molar-refractivity contribution in [2.75, 3.05) is 17.7 Å². The Morgan fingerprint density at radius 3 is 2.62 bits per heavy atom. The standard InChI is InChI=1S/C21H22BrClN4O2S.2ClH/c1-30(28,29)27-11-16-8-17(22)6-7-21(16)26(12-18-10-24-14-25-18)13-19(27)9-15-4-2-3-5-20(15)23;;/h2-8,10,14,19H,9,11-13H2,1H3,(H,24,25);2*1H. The van der Waals surface area contributed by atoms with E-state index in [9.17, 15) is 8.42 Å². The summed E-state index contributed by atoms with van der Waals surface area (Å²) in [6.45, 7) is 1.44. The molecular weight excluding hydrogens is 559 g/mol. The van der Waals surface area contributed by atoms with Crippen molar-refractivity contribution in [2.24, 2.45) is 0 Å². The molecule has 0 radical (unpaired) electrons. The second-order valence-corrected chi connectivity index (χ2v) is 10.7. The van der Waals surface area contributed by atoms with Crippen LogP contribution in [-0.4, -0.2) is 41.5 Å². The third-order valence-corrected chi connectivity index (χ3v) is 7.44. The summed E-state index contributed by atoms with van der Waals surface area (Å²) in [5.74, 6) is 0. The van der Waals surface area contributed by atoms with E-state index in [0.717, 1.165) is 27.0 Å². The Morgan fingerprint density at radius 2 is 1.97 bits per heavy atom. The Labute approximate surface area is 214 Å². The lowest BCUT2D eigenvalue weighted by Crippen LogP contribution is -2.45. The lowest BCUT2D eigenvalue weighted by atomic mass is 10.1. The predicted molar refractivity (Wildman–Crippen MR) is 138 cm³/mol. The predicted octanol–water partition coefficient (Wildman–Crippen LogP) is 5.06. The number of H-pyrrole nitrogens is 1. The summed E-state index contributed by atoms with van der Waals surface area (Å²) in [6, 6.07) is 13.3. The Balaban J connectivity index is 0.00000181. The number of anilines is 1. The van der Waals surface area contributed by atoms with Crippen LogP contribution in [0.2, 0.25) is 5.02 Å². The van der Waals surface area contributed by atoms with Crippen LogP contribution < -0.4 is 4.90 Å². The molecule has 6 nitrogen and oxygen atoms in total. The molecule has 2 aromatic carbocycles. The van der Waals surface area contributed by atoms with Gasteiger partial charge in [0.05, 0.1) is 24.8 Å². The van der Waals surface area contributed by atoms with Crippen LogP contribution in [0.4, 0.5) is 5.69 Å². The second kappa shape index (κ2) is 11.2. The number of nitrogens with zero attached hydrogens (tertiary/aromatic N) is 3. The van der Waals surface area contributed by atoms with Gasteiger partial charge in [-0.25, -0.2) is 13.4 Å². The molecule has 174 valence electrons. The Bertz CT molecular complexity index is 1150. The molecule has 32 heavy (non-hydrogen) atoms. The Morgan fingerprint density at radius 1 is 1.22 bits per heavy atom. The summed E-state index contributed by atoms with van der Waals surface area (Å²) < 4.78 is 28.1. The molecule has 1 unspecified atom stereocenters. The summed E-state index contributed by atoms with van der Waals surface area (Å²) in [7, 11) is -3.44. The van der Waals surface area contributed by atoms with Crippen molar-refractivity contribution in [1.29, 1.82) is 0 Å². The van der Waals surface area contributed by atoms with Gasteiger partial charge in [-0.2, -0.15) is 4.31 Å². The quantitative estimate of drug-likeness (QED) is 0.457. The highest BCUT2D eigenvalue weighted by molar-refractivity contribution is 9.10. The minimum Gasteiger partial charge on any atom is -0.364 e. The van der Waals surface area contributed by atoms with Crippen molar-refractivity contribution in [2.45, 2.75) is 25.6 Å². The van der Waals surface area contributed by atoms with Crippen LogP contribution in [0.5, 0.6) is 0 Å². The van der Waals surface area contributed by atoms with Gasteiger partial charge in [0, 0.05) is 40.5 Å². The van der Waals surface area contributed by atoms with Crippen molar-refractivity contribution < 1.29 is 8.42 Å². The van der Waals surface area contributed by atoms with E-state index in [1.165, 1.54) is 6.26 Å². The molecule has 1 aromatic heterocycles. The van der Waals surface area contributed by atoms with E-state index >= 15 is 0 Å². The van der Waals surface area contributed by atoms with Crippen LogP contribution in [-0.2, 0) is 29.5 Å². The van der Waals surface area contributed by atoms with Crippen molar-refractivity contribution in [3.8, 4) is 0 Å². The van der Waals surface area contributed by atoms with Gasteiger partial charge in [-0.3, -0.25) is 0 Å². The number of aromatic nitrogens is 2. The number of fused-ring (bicyclic) bond motifs is 1. The zero-order valence-electron chi connectivity index (χ0n) is 17.2. The monoisotopic (exact) mass is 580 g/mol. The van der Waals surface area contributed by atoms with Gasteiger partial charge in [-0.1, -0.05) is 45.7 Å². The maximum atomic E-state index is 12.8. The molecule has 0 fully saturated rings. The van der Waals surface area contributed by atoms with Crippen molar-refractivity contribution in [3.05, 3.63) is 81.3 Å². The maximum Gasteiger partial charge on any atom is 0.211 e. The zero-order chi connectivity index (χ0) is 21.3. The molecule has 3 aromatic rings. The molecular formula is C21H24BrCl3N4O2S. The van der Waals surface area contributed by atoms with Gasteiger partial charge in [0.2, 0.25) is 10.0 Å². The fourth-order valence-electron chi connectivity index (χ4n) is 3.93. The molecule has 1 N–H and O–H groups in total. The molecule has 1 aliphatic rings. The highest BCUT2D eigenvalue weighted by Crippen LogP contribution is 2.33. The fourth-order valence-corrected chi connectivity index (χ4v) is 5.61. The number of benzene rings is 2. The number of nitrogens with one attached hydrogen (secondary N) is 1. The van der Waals surface area contributed by atoms with Gasteiger partial charge in [0.15, 0.2) is 0 Å². The van der Waals surface area contributed by atoms with Crippen molar-refractivity contribution in [3.63, 3.8) is 0 Å². The van der Waals surface area contributed by atoms with E-state index in [1.807, 2.05) is 42.5 Å². The van der Waals surface area contributed by atoms with E-state index in [0.29, 0.717) is 31.1 Å². The van der Waals surface area contributed by atoms with Crippen LogP contribution >= 0.6 is 52.3 Å². The summed E-state index contributed by atoms with van der Waals surface area (Å²) in [5.41, 5.74) is 3.87. The molecule has 4 rings (SSSR count). The number of aromatic amines is 1. The van der Waals surface area contributed by atoms with Crippen LogP contribution in [0.3, 0.4) is 0 Å². The van der Waals surface area contributed by atoms with Gasteiger partial charge < -0.3 is 9.88 Å². The highest BCUT2D eigenvalue weighted by atomic mass is 79.9. The van der Waals surface area contributed by atoms with E-state index < -0.39 is 10.0 Å².